The number of hydrogen-bond acceptors (Lipinski definition) is 9. The minimum Gasteiger partial charge on any atom is -0.488 e. The molecule has 164 valence electrons. The van der Waals surface area contributed by atoms with Gasteiger partial charge < -0.3 is 29.0 Å². The fraction of sp³-hybridized carbons (Fsp3) is 0.684. The first kappa shape index (κ1) is 24.3. The Morgan fingerprint density at radius 2 is 1.34 bits per heavy atom. The lowest BCUT2D eigenvalue weighted by Gasteiger charge is -2.27. The molecule has 0 spiro atoms. The zero-order valence-electron chi connectivity index (χ0n) is 17.2. The van der Waals surface area contributed by atoms with Crippen LogP contribution in [0, 0.1) is 0 Å². The van der Waals surface area contributed by atoms with E-state index in [4.69, 9.17) is 18.9 Å². The van der Waals surface area contributed by atoms with Crippen LogP contribution in [0.25, 0.3) is 0 Å². The third-order valence-corrected chi connectivity index (χ3v) is 4.80. The molecule has 0 unspecified atom stereocenters. The average molecular weight is 428 g/mol. The van der Waals surface area contributed by atoms with Gasteiger partial charge in [-0.25, -0.2) is 0 Å². The van der Waals surface area contributed by atoms with Crippen molar-refractivity contribution in [3.8, 4) is 11.5 Å². The largest absolute Gasteiger partial charge is 0.488 e. The zero-order chi connectivity index (χ0) is 20.9. The summed E-state index contributed by atoms with van der Waals surface area (Å²) in [6.45, 7) is 9.34. The number of nitrogens with zero attached hydrogens (tertiary/aromatic N) is 2. The van der Waals surface area contributed by atoms with E-state index in [1.54, 1.807) is 24.5 Å². The Morgan fingerprint density at radius 3 is 1.83 bits per heavy atom. The molecule has 2 saturated heterocycles. The maximum absolute atomic E-state index is 9.43. The Hall–Kier alpha value is -1.01. The van der Waals surface area contributed by atoms with Gasteiger partial charge in [-0.15, -0.1) is 0 Å². The summed E-state index contributed by atoms with van der Waals surface area (Å²) in [7, 11) is -1.53. The Labute approximate surface area is 179 Å². The maximum Gasteiger partial charge on any atom is 0.488 e. The smallest absolute Gasteiger partial charge is 0.488 e. The van der Waals surface area contributed by atoms with E-state index in [-0.39, 0.29) is 0 Å². The van der Waals surface area contributed by atoms with Crippen molar-refractivity contribution in [2.45, 2.75) is 0 Å². The molecule has 2 N–H and O–H groups in total. The van der Waals surface area contributed by atoms with Gasteiger partial charge in [-0.2, -0.15) is 12.6 Å². The van der Waals surface area contributed by atoms with Crippen molar-refractivity contribution in [2.24, 2.45) is 0 Å². The van der Waals surface area contributed by atoms with Crippen LogP contribution in [0.3, 0.4) is 0 Å². The molecule has 8 nitrogen and oxygen atoms in total. The Morgan fingerprint density at radius 1 is 0.862 bits per heavy atom. The van der Waals surface area contributed by atoms with Crippen LogP contribution in [0.1, 0.15) is 0 Å². The lowest BCUT2D eigenvalue weighted by Crippen LogP contribution is -2.39. The number of morpholine rings is 2. The Kier molecular flexibility index (Phi) is 11.8. The molecule has 0 amide bonds. The van der Waals surface area contributed by atoms with E-state index >= 15 is 0 Å². The second-order valence-corrected chi connectivity index (χ2v) is 6.68. The minimum absolute atomic E-state index is 0.386. The molecule has 0 bridgehead atoms. The molecule has 2 fully saturated rings. The van der Waals surface area contributed by atoms with Crippen molar-refractivity contribution in [3.63, 3.8) is 0 Å². The molecular weight excluding hydrogens is 395 g/mol. The Balaban J connectivity index is 0.00000145. The summed E-state index contributed by atoms with van der Waals surface area (Å²) in [5.41, 5.74) is 0.386. The van der Waals surface area contributed by atoms with Gasteiger partial charge in [0.05, 0.1) is 26.4 Å². The topological polar surface area (TPSA) is 83.9 Å². The number of thiol groups is 1. The van der Waals surface area contributed by atoms with Gasteiger partial charge in [0.15, 0.2) is 11.5 Å². The van der Waals surface area contributed by atoms with Crippen molar-refractivity contribution in [2.75, 3.05) is 85.2 Å². The zero-order valence-corrected chi connectivity index (χ0v) is 18.1. The molecule has 0 aliphatic carbocycles. The molecule has 1 aromatic rings. The standard InChI is InChI=1S/C18H29BN2O6.CH4S/c22-19(23)16-1-2-17(26-13-7-20-3-9-24-10-4-20)18(15-16)27-14-8-21-5-11-25-12-6-21;1-2/h1-2,15,22-23H,3-14H2;2H,1H3. The lowest BCUT2D eigenvalue weighted by molar-refractivity contribution is 0.0305. The highest BCUT2D eigenvalue weighted by molar-refractivity contribution is 7.79. The highest BCUT2D eigenvalue weighted by Crippen LogP contribution is 2.26. The fourth-order valence-electron chi connectivity index (χ4n) is 3.14. The van der Waals surface area contributed by atoms with Gasteiger partial charge in [-0.05, 0) is 23.9 Å². The van der Waals surface area contributed by atoms with Gasteiger partial charge in [0.25, 0.3) is 0 Å². The van der Waals surface area contributed by atoms with Crippen molar-refractivity contribution in [1.82, 2.24) is 9.80 Å². The number of rotatable bonds is 9. The monoisotopic (exact) mass is 428 g/mol. The van der Waals surface area contributed by atoms with Gasteiger partial charge >= 0.3 is 7.12 Å². The summed E-state index contributed by atoms with van der Waals surface area (Å²) in [5, 5.41) is 18.9. The fourth-order valence-corrected chi connectivity index (χ4v) is 3.14. The van der Waals surface area contributed by atoms with Crippen molar-refractivity contribution in [1.29, 1.82) is 0 Å². The van der Waals surface area contributed by atoms with E-state index < -0.39 is 7.12 Å². The van der Waals surface area contributed by atoms with Crippen molar-refractivity contribution < 1.29 is 29.0 Å². The van der Waals surface area contributed by atoms with E-state index in [0.29, 0.717) is 30.2 Å². The molecule has 0 saturated carbocycles. The molecule has 0 atom stereocenters. The molecular formula is C19H33BN2O6S. The molecule has 0 radical (unpaired) electrons. The number of ether oxygens (including phenoxy) is 4. The van der Waals surface area contributed by atoms with Gasteiger partial charge in [-0.1, -0.05) is 6.07 Å². The van der Waals surface area contributed by atoms with Crippen LogP contribution < -0.4 is 14.9 Å². The van der Waals surface area contributed by atoms with Crippen molar-refractivity contribution in [3.05, 3.63) is 18.2 Å². The third-order valence-electron chi connectivity index (χ3n) is 4.80. The second-order valence-electron chi connectivity index (χ2n) is 6.68. The van der Waals surface area contributed by atoms with E-state index in [1.807, 2.05) is 0 Å². The molecule has 2 heterocycles. The first-order valence-electron chi connectivity index (χ1n) is 10.0. The average Bonchev–Trinajstić information content (AvgIpc) is 2.77. The number of hydrogen-bond donors (Lipinski definition) is 3. The highest BCUT2D eigenvalue weighted by atomic mass is 32.1. The van der Waals surface area contributed by atoms with Crippen LogP contribution in [0.5, 0.6) is 11.5 Å². The summed E-state index contributed by atoms with van der Waals surface area (Å²) in [6.07, 6.45) is 1.69. The maximum atomic E-state index is 9.43. The second kappa shape index (κ2) is 14.1. The first-order valence-corrected chi connectivity index (χ1v) is 10.9. The van der Waals surface area contributed by atoms with E-state index in [9.17, 15) is 10.0 Å². The van der Waals surface area contributed by atoms with Crippen LogP contribution >= 0.6 is 12.6 Å². The normalized spacial score (nSPS) is 17.9. The SMILES string of the molecule is CS.OB(O)c1ccc(OCCN2CCOCC2)c(OCCN2CCOCC2)c1. The van der Waals surface area contributed by atoms with Crippen LogP contribution in [0.4, 0.5) is 0 Å². The summed E-state index contributed by atoms with van der Waals surface area (Å²) in [4.78, 5) is 4.58. The predicted octanol–water partition coefficient (Wildman–Crippen LogP) is -0.666. The van der Waals surface area contributed by atoms with Gasteiger partial charge in [0, 0.05) is 39.3 Å². The van der Waals surface area contributed by atoms with Crippen LogP contribution in [-0.2, 0) is 9.47 Å². The van der Waals surface area contributed by atoms with E-state index in [2.05, 4.69) is 22.4 Å². The van der Waals surface area contributed by atoms with Gasteiger partial charge in [0.2, 0.25) is 0 Å². The first-order chi connectivity index (χ1) is 14.2. The molecule has 0 aromatic heterocycles. The van der Waals surface area contributed by atoms with Crippen LogP contribution in [0.2, 0.25) is 0 Å². The molecule has 1 aromatic carbocycles. The predicted molar refractivity (Wildman–Crippen MR) is 117 cm³/mol. The Bertz CT molecular complexity index is 572. The van der Waals surface area contributed by atoms with Crippen LogP contribution in [-0.4, -0.2) is 112 Å². The summed E-state index contributed by atoms with van der Waals surface area (Å²) in [5.74, 6) is 1.16. The molecule has 29 heavy (non-hydrogen) atoms. The molecule has 10 heteroatoms. The quantitative estimate of drug-likeness (QED) is 0.353. The minimum atomic E-state index is -1.53. The molecule has 3 rings (SSSR count). The van der Waals surface area contributed by atoms with Gasteiger partial charge in [-0.3, -0.25) is 9.80 Å². The molecule has 2 aliphatic rings. The lowest BCUT2D eigenvalue weighted by atomic mass is 9.80. The van der Waals surface area contributed by atoms with Gasteiger partial charge in [0.1, 0.15) is 13.2 Å². The summed E-state index contributed by atoms with van der Waals surface area (Å²) in [6, 6.07) is 5.01. The van der Waals surface area contributed by atoms with E-state index in [0.717, 1.165) is 65.7 Å². The third kappa shape index (κ3) is 8.71. The van der Waals surface area contributed by atoms with Crippen molar-refractivity contribution >= 4 is 25.2 Å². The summed E-state index contributed by atoms with van der Waals surface area (Å²) >= 11 is 3.53. The summed E-state index contributed by atoms with van der Waals surface area (Å²) < 4.78 is 22.5. The highest BCUT2D eigenvalue weighted by Gasteiger charge is 2.17. The molecule has 2 aliphatic heterocycles. The van der Waals surface area contributed by atoms with E-state index in [1.165, 1.54) is 0 Å². The number of benzene rings is 1. The van der Waals surface area contributed by atoms with Crippen LogP contribution in [0.15, 0.2) is 18.2 Å².